The van der Waals surface area contributed by atoms with E-state index in [4.69, 9.17) is 16.3 Å². The highest BCUT2D eigenvalue weighted by Gasteiger charge is 2.34. The number of hydrogen-bond donors (Lipinski definition) is 0. The van der Waals surface area contributed by atoms with Crippen LogP contribution in [0.5, 0.6) is 0 Å². The van der Waals surface area contributed by atoms with Crippen LogP contribution < -0.4 is 0 Å². The van der Waals surface area contributed by atoms with E-state index in [0.29, 0.717) is 35.2 Å². The summed E-state index contributed by atoms with van der Waals surface area (Å²) in [7, 11) is 0. The normalized spacial score (nSPS) is 15.5. The predicted octanol–water partition coefficient (Wildman–Crippen LogP) is 4.27. The molecular weight excluding hydrogens is 480 g/mol. The lowest BCUT2D eigenvalue weighted by molar-refractivity contribution is 0.0406. The van der Waals surface area contributed by atoms with Crippen LogP contribution in [-0.2, 0) is 4.74 Å². The molecule has 2 amide bonds. The number of aromatic nitrogens is 2. The molecule has 4 rings (SSSR count). The van der Waals surface area contributed by atoms with Crippen LogP contribution in [0.4, 0.5) is 0 Å². The smallest absolute Gasteiger partial charge is 0.342 e. The van der Waals surface area contributed by atoms with Crippen LogP contribution in [0, 0.1) is 6.92 Å². The molecule has 1 unspecified atom stereocenters. The Morgan fingerprint density at radius 1 is 1.03 bits per heavy atom. The van der Waals surface area contributed by atoms with Crippen LogP contribution in [0.3, 0.4) is 0 Å². The Morgan fingerprint density at radius 2 is 1.78 bits per heavy atom. The fraction of sp³-hybridized carbons (Fsp3) is 0.296. The van der Waals surface area contributed by atoms with Gasteiger partial charge in [-0.05, 0) is 39.0 Å². The van der Waals surface area contributed by atoms with Crippen molar-refractivity contribution in [2.45, 2.75) is 26.8 Å². The summed E-state index contributed by atoms with van der Waals surface area (Å²) in [6.07, 6.45) is 0. The Morgan fingerprint density at radius 3 is 2.44 bits per heavy atom. The maximum atomic E-state index is 13.7. The molecule has 2 heterocycles. The number of rotatable bonds is 5. The van der Waals surface area contributed by atoms with Crippen molar-refractivity contribution in [1.29, 1.82) is 0 Å². The number of carbonyl (C=O) groups is 3. The maximum absolute atomic E-state index is 13.7. The Labute approximate surface area is 214 Å². The fourth-order valence-electron chi connectivity index (χ4n) is 4.27. The molecule has 1 atom stereocenters. The van der Waals surface area contributed by atoms with Crippen molar-refractivity contribution in [2.75, 3.05) is 26.2 Å². The number of nitrogens with zero attached hydrogens (tertiary/aromatic N) is 4. The highest BCUT2D eigenvalue weighted by Crippen LogP contribution is 2.23. The summed E-state index contributed by atoms with van der Waals surface area (Å²) in [5.74, 6) is -0.830. The lowest BCUT2D eigenvalue weighted by Gasteiger charge is -2.40. The molecule has 1 aromatic heterocycles. The molecule has 0 bridgehead atoms. The van der Waals surface area contributed by atoms with Crippen LogP contribution >= 0.6 is 11.6 Å². The standard InChI is InChI=1S/C27H27ClN4O4/c1-4-36-27(35)22-18(3)29-24(19-9-6-5-7-10-19)30-23(22)26(34)31-13-14-32(17(2)16-31)25(33)20-11-8-12-21(28)15-20/h5-12,15,17H,4,13-14,16H2,1-3H3. The van der Waals surface area contributed by atoms with Gasteiger partial charge in [0.1, 0.15) is 11.3 Å². The van der Waals surface area contributed by atoms with Gasteiger partial charge >= 0.3 is 5.97 Å². The van der Waals surface area contributed by atoms with Crippen LogP contribution in [0.15, 0.2) is 54.6 Å². The predicted molar refractivity (Wildman–Crippen MR) is 136 cm³/mol. The zero-order valence-electron chi connectivity index (χ0n) is 20.4. The van der Waals surface area contributed by atoms with Gasteiger partial charge in [-0.3, -0.25) is 9.59 Å². The van der Waals surface area contributed by atoms with Crippen molar-refractivity contribution in [3.8, 4) is 11.4 Å². The number of amides is 2. The number of halogens is 1. The SMILES string of the molecule is CCOC(=O)c1c(C)nc(-c2ccccc2)nc1C(=O)N1CCN(C(=O)c2cccc(Cl)c2)C(C)C1. The van der Waals surface area contributed by atoms with Gasteiger partial charge in [-0.15, -0.1) is 0 Å². The fourth-order valence-corrected chi connectivity index (χ4v) is 4.46. The molecule has 0 radical (unpaired) electrons. The average Bonchev–Trinajstić information content (AvgIpc) is 2.88. The van der Waals surface area contributed by atoms with Gasteiger partial charge in [0.25, 0.3) is 11.8 Å². The minimum absolute atomic E-state index is 0.00150. The third kappa shape index (κ3) is 5.23. The van der Waals surface area contributed by atoms with Gasteiger partial charge in [-0.25, -0.2) is 14.8 Å². The first kappa shape index (κ1) is 25.3. The first-order chi connectivity index (χ1) is 17.3. The third-order valence-electron chi connectivity index (χ3n) is 6.05. The van der Waals surface area contributed by atoms with E-state index in [0.717, 1.165) is 5.56 Å². The van der Waals surface area contributed by atoms with Gasteiger partial charge in [0, 0.05) is 41.8 Å². The van der Waals surface area contributed by atoms with Gasteiger partial charge in [-0.2, -0.15) is 0 Å². The number of hydrogen-bond acceptors (Lipinski definition) is 6. The van der Waals surface area contributed by atoms with Crippen molar-refractivity contribution in [3.05, 3.63) is 82.1 Å². The molecule has 2 aromatic carbocycles. The minimum Gasteiger partial charge on any atom is -0.462 e. The Balaban J connectivity index is 1.63. The van der Waals surface area contributed by atoms with Gasteiger partial charge in [0.05, 0.1) is 12.3 Å². The number of piperazine rings is 1. The van der Waals surface area contributed by atoms with Crippen molar-refractivity contribution in [2.24, 2.45) is 0 Å². The molecule has 1 aliphatic rings. The lowest BCUT2D eigenvalue weighted by atomic mass is 10.1. The first-order valence-electron chi connectivity index (χ1n) is 11.8. The zero-order chi connectivity index (χ0) is 25.8. The lowest BCUT2D eigenvalue weighted by Crippen LogP contribution is -2.55. The highest BCUT2D eigenvalue weighted by atomic mass is 35.5. The van der Waals surface area contributed by atoms with E-state index in [9.17, 15) is 14.4 Å². The summed E-state index contributed by atoms with van der Waals surface area (Å²) >= 11 is 6.06. The number of ether oxygens (including phenoxy) is 1. The molecule has 9 heteroatoms. The second-order valence-electron chi connectivity index (χ2n) is 8.55. The first-order valence-corrected chi connectivity index (χ1v) is 12.1. The topological polar surface area (TPSA) is 92.7 Å². The minimum atomic E-state index is -0.638. The largest absolute Gasteiger partial charge is 0.462 e. The molecular formula is C27H27ClN4O4. The number of aryl methyl sites for hydroxylation is 1. The van der Waals surface area contributed by atoms with Gasteiger partial charge < -0.3 is 14.5 Å². The number of carbonyl (C=O) groups excluding carboxylic acids is 3. The second kappa shape index (κ2) is 10.9. The van der Waals surface area contributed by atoms with Crippen LogP contribution in [0.25, 0.3) is 11.4 Å². The molecule has 8 nitrogen and oxygen atoms in total. The van der Waals surface area contributed by atoms with Gasteiger partial charge in [0.2, 0.25) is 0 Å². The van der Waals surface area contributed by atoms with Gasteiger partial charge in [-0.1, -0.05) is 48.0 Å². The monoisotopic (exact) mass is 506 g/mol. The molecule has 0 saturated carbocycles. The molecule has 36 heavy (non-hydrogen) atoms. The Hall–Kier alpha value is -3.78. The summed E-state index contributed by atoms with van der Waals surface area (Å²) in [6.45, 7) is 6.33. The van der Waals surface area contributed by atoms with Crippen molar-refractivity contribution in [1.82, 2.24) is 19.8 Å². The summed E-state index contributed by atoms with van der Waals surface area (Å²) in [6, 6.07) is 15.8. The third-order valence-corrected chi connectivity index (χ3v) is 6.29. The summed E-state index contributed by atoms with van der Waals surface area (Å²) in [4.78, 5) is 51.9. The average molecular weight is 507 g/mol. The van der Waals surface area contributed by atoms with Crippen LogP contribution in [-0.4, -0.2) is 69.8 Å². The van der Waals surface area contributed by atoms with E-state index >= 15 is 0 Å². The molecule has 1 fully saturated rings. The maximum Gasteiger partial charge on any atom is 0.342 e. The number of esters is 1. The molecule has 186 valence electrons. The van der Waals surface area contributed by atoms with E-state index in [-0.39, 0.29) is 36.4 Å². The van der Waals surface area contributed by atoms with Gasteiger partial charge in [0.15, 0.2) is 5.82 Å². The molecule has 0 spiro atoms. The Kier molecular flexibility index (Phi) is 7.64. The van der Waals surface area contributed by atoms with E-state index in [1.54, 1.807) is 47.9 Å². The summed E-state index contributed by atoms with van der Waals surface area (Å²) in [5.41, 5.74) is 1.66. The van der Waals surface area contributed by atoms with E-state index < -0.39 is 11.9 Å². The molecule has 3 aromatic rings. The second-order valence-corrected chi connectivity index (χ2v) is 8.99. The van der Waals surface area contributed by atoms with Crippen molar-refractivity contribution < 1.29 is 19.1 Å². The number of benzene rings is 2. The Bertz CT molecular complexity index is 1300. The molecule has 1 saturated heterocycles. The molecule has 0 N–H and O–H groups in total. The van der Waals surface area contributed by atoms with Crippen LogP contribution in [0.1, 0.15) is 50.7 Å². The summed E-state index contributed by atoms with van der Waals surface area (Å²) in [5, 5.41) is 0.488. The molecule has 0 aliphatic carbocycles. The highest BCUT2D eigenvalue weighted by molar-refractivity contribution is 6.31. The zero-order valence-corrected chi connectivity index (χ0v) is 21.2. The van der Waals surface area contributed by atoms with Crippen molar-refractivity contribution in [3.63, 3.8) is 0 Å². The van der Waals surface area contributed by atoms with Crippen LogP contribution in [0.2, 0.25) is 5.02 Å². The van der Waals surface area contributed by atoms with E-state index in [1.807, 2.05) is 37.3 Å². The van der Waals surface area contributed by atoms with E-state index in [2.05, 4.69) is 9.97 Å². The van der Waals surface area contributed by atoms with E-state index in [1.165, 1.54) is 0 Å². The molecule has 1 aliphatic heterocycles. The summed E-state index contributed by atoms with van der Waals surface area (Å²) < 4.78 is 5.21. The quantitative estimate of drug-likeness (QED) is 0.480. The van der Waals surface area contributed by atoms with Crippen molar-refractivity contribution >= 4 is 29.4 Å².